The quantitative estimate of drug-likeness (QED) is 0.356. The molecule has 31 heavy (non-hydrogen) atoms. The van der Waals surface area contributed by atoms with E-state index in [2.05, 4.69) is 36.4 Å². The number of nitrogens with zero attached hydrogens (tertiary/aromatic N) is 3. The zero-order valence-corrected chi connectivity index (χ0v) is 16.6. The highest BCUT2D eigenvalue weighted by Crippen LogP contribution is 2.34. The minimum absolute atomic E-state index is 0.269. The predicted octanol–water partition coefficient (Wildman–Crippen LogP) is 5.61. The third-order valence-electron chi connectivity index (χ3n) is 5.51. The summed E-state index contributed by atoms with van der Waals surface area (Å²) >= 11 is 0. The Balaban J connectivity index is 1.53. The Labute approximate surface area is 176 Å². The highest BCUT2D eigenvalue weighted by atomic mass is 19.1. The maximum Gasteiger partial charge on any atom is 0.124 e. The van der Waals surface area contributed by atoms with Gasteiger partial charge in [0.2, 0.25) is 0 Å². The van der Waals surface area contributed by atoms with E-state index in [1.807, 2.05) is 43.5 Å². The Morgan fingerprint density at radius 1 is 0.839 bits per heavy atom. The lowest BCUT2D eigenvalue weighted by Crippen LogP contribution is -1.87. The fourth-order valence-corrected chi connectivity index (χ4v) is 4.09. The number of aryl methyl sites for hydroxylation is 1. The van der Waals surface area contributed by atoms with E-state index in [-0.39, 0.29) is 5.82 Å². The van der Waals surface area contributed by atoms with E-state index in [1.54, 1.807) is 12.4 Å². The summed E-state index contributed by atoms with van der Waals surface area (Å²) in [5, 5.41) is 16.5. The molecule has 2 aromatic carbocycles. The molecule has 0 unspecified atom stereocenters. The van der Waals surface area contributed by atoms with Crippen molar-refractivity contribution in [1.82, 2.24) is 30.4 Å². The number of halogens is 1. The number of nitrogens with one attached hydrogen (secondary N) is 3. The zero-order valence-electron chi connectivity index (χ0n) is 16.6. The minimum atomic E-state index is -0.269. The average Bonchev–Trinajstić information content (AvgIpc) is 3.50. The molecule has 0 fully saturated rings. The highest BCUT2D eigenvalue weighted by Gasteiger charge is 2.15. The summed E-state index contributed by atoms with van der Waals surface area (Å²) in [7, 11) is 0. The molecule has 0 radical (unpaired) electrons. The molecular weight excluding hydrogens is 391 g/mol. The van der Waals surface area contributed by atoms with Crippen LogP contribution >= 0.6 is 0 Å². The van der Waals surface area contributed by atoms with Gasteiger partial charge in [0.15, 0.2) is 0 Å². The first kappa shape index (κ1) is 17.6. The largest absolute Gasteiger partial charge is 0.353 e. The van der Waals surface area contributed by atoms with Crippen LogP contribution in [0.25, 0.3) is 55.6 Å². The van der Waals surface area contributed by atoms with Crippen LogP contribution in [0.1, 0.15) is 5.56 Å². The summed E-state index contributed by atoms with van der Waals surface area (Å²) in [6.07, 6.45) is 5.39. The van der Waals surface area contributed by atoms with Crippen LogP contribution in [-0.4, -0.2) is 30.4 Å². The van der Waals surface area contributed by atoms with Crippen molar-refractivity contribution in [2.24, 2.45) is 0 Å². The fourth-order valence-electron chi connectivity index (χ4n) is 4.09. The lowest BCUT2D eigenvalue weighted by molar-refractivity contribution is 0.627. The Morgan fingerprint density at radius 3 is 2.58 bits per heavy atom. The van der Waals surface area contributed by atoms with Gasteiger partial charge in [0.05, 0.1) is 23.1 Å². The van der Waals surface area contributed by atoms with Crippen molar-refractivity contribution in [3.05, 3.63) is 78.5 Å². The van der Waals surface area contributed by atoms with Crippen LogP contribution in [0.4, 0.5) is 4.39 Å². The number of pyridine rings is 1. The second-order valence-corrected chi connectivity index (χ2v) is 7.64. The van der Waals surface area contributed by atoms with Gasteiger partial charge in [0.1, 0.15) is 11.5 Å². The minimum Gasteiger partial charge on any atom is -0.353 e. The zero-order chi connectivity index (χ0) is 20.9. The van der Waals surface area contributed by atoms with E-state index in [0.29, 0.717) is 0 Å². The molecule has 0 bridgehead atoms. The van der Waals surface area contributed by atoms with Gasteiger partial charge in [0.25, 0.3) is 0 Å². The molecule has 0 saturated heterocycles. The number of hydrogen-bond acceptors (Lipinski definition) is 3. The van der Waals surface area contributed by atoms with Gasteiger partial charge in [0, 0.05) is 39.8 Å². The molecule has 0 aliphatic heterocycles. The number of aromatic amines is 3. The maximum absolute atomic E-state index is 14.0. The van der Waals surface area contributed by atoms with Crippen LogP contribution in [0.5, 0.6) is 0 Å². The van der Waals surface area contributed by atoms with Crippen molar-refractivity contribution in [3.63, 3.8) is 0 Å². The van der Waals surface area contributed by atoms with Gasteiger partial charge < -0.3 is 4.98 Å². The van der Waals surface area contributed by atoms with Gasteiger partial charge in [-0.1, -0.05) is 6.07 Å². The number of rotatable bonds is 3. The Bertz CT molecular complexity index is 1540. The topological polar surface area (TPSA) is 86.0 Å². The van der Waals surface area contributed by atoms with E-state index in [9.17, 15) is 4.39 Å². The highest BCUT2D eigenvalue weighted by molar-refractivity contribution is 6.00. The molecule has 6 rings (SSSR count). The summed E-state index contributed by atoms with van der Waals surface area (Å²) in [5.41, 5.74) is 7.96. The molecule has 4 heterocycles. The summed E-state index contributed by atoms with van der Waals surface area (Å²) < 4.78 is 14.0. The van der Waals surface area contributed by atoms with Crippen molar-refractivity contribution < 1.29 is 4.39 Å². The van der Waals surface area contributed by atoms with E-state index in [4.69, 9.17) is 0 Å². The molecule has 4 aromatic heterocycles. The second kappa shape index (κ2) is 6.63. The van der Waals surface area contributed by atoms with Gasteiger partial charge in [-0.3, -0.25) is 15.2 Å². The van der Waals surface area contributed by atoms with E-state index < -0.39 is 0 Å². The molecule has 150 valence electrons. The Hall–Kier alpha value is -4.26. The molecule has 0 amide bonds. The van der Waals surface area contributed by atoms with Crippen LogP contribution in [-0.2, 0) is 0 Å². The molecule has 3 N–H and O–H groups in total. The van der Waals surface area contributed by atoms with Gasteiger partial charge in [-0.05, 0) is 60.5 Å². The number of hydrogen-bond donors (Lipinski definition) is 3. The normalized spacial score (nSPS) is 11.5. The van der Waals surface area contributed by atoms with Crippen molar-refractivity contribution in [3.8, 4) is 33.8 Å². The number of benzene rings is 2. The SMILES string of the molecule is Cc1cc(F)cc(-c2nccc3[nH]c(-c4n[nH]c5ccc(-c6cn[nH]c6)cc45)cc23)c1. The molecule has 0 aliphatic carbocycles. The van der Waals surface area contributed by atoms with Crippen LogP contribution in [0.3, 0.4) is 0 Å². The third kappa shape index (κ3) is 2.90. The first-order valence-electron chi connectivity index (χ1n) is 9.89. The van der Waals surface area contributed by atoms with E-state index >= 15 is 0 Å². The first-order chi connectivity index (χ1) is 15.2. The summed E-state index contributed by atoms with van der Waals surface area (Å²) in [6, 6.07) is 15.1. The smallest absolute Gasteiger partial charge is 0.124 e. The van der Waals surface area contributed by atoms with Crippen molar-refractivity contribution in [2.75, 3.05) is 0 Å². The number of H-pyrrole nitrogens is 3. The van der Waals surface area contributed by atoms with E-state index in [1.165, 1.54) is 12.1 Å². The summed E-state index contributed by atoms with van der Waals surface area (Å²) in [6.45, 7) is 1.88. The number of aromatic nitrogens is 6. The number of fused-ring (bicyclic) bond motifs is 2. The van der Waals surface area contributed by atoms with Crippen LogP contribution in [0, 0.1) is 12.7 Å². The maximum atomic E-state index is 14.0. The molecule has 7 heteroatoms. The van der Waals surface area contributed by atoms with Crippen molar-refractivity contribution in [2.45, 2.75) is 6.92 Å². The average molecular weight is 408 g/mol. The molecular formula is C24H17FN6. The van der Waals surface area contributed by atoms with Gasteiger partial charge in [-0.25, -0.2) is 4.39 Å². The van der Waals surface area contributed by atoms with Crippen LogP contribution < -0.4 is 0 Å². The van der Waals surface area contributed by atoms with Crippen LogP contribution in [0.2, 0.25) is 0 Å². The van der Waals surface area contributed by atoms with Crippen molar-refractivity contribution in [1.29, 1.82) is 0 Å². The van der Waals surface area contributed by atoms with Crippen LogP contribution in [0.15, 0.2) is 67.1 Å². The lowest BCUT2D eigenvalue weighted by atomic mass is 10.0. The standard InChI is InChI=1S/C24H17FN6/c1-13-6-15(8-17(25)7-13)23-19-10-22(29-20(19)4-5-26-23)24-18-9-14(16-11-27-28-12-16)2-3-21(18)30-31-24/h2-12,29H,1H3,(H,27,28)(H,30,31). The Kier molecular flexibility index (Phi) is 3.76. The van der Waals surface area contributed by atoms with Gasteiger partial charge in [-0.2, -0.15) is 10.2 Å². The van der Waals surface area contributed by atoms with E-state index in [0.717, 1.165) is 61.1 Å². The summed E-state index contributed by atoms with van der Waals surface area (Å²) in [4.78, 5) is 7.99. The molecule has 6 aromatic rings. The molecule has 0 aliphatic rings. The van der Waals surface area contributed by atoms with Gasteiger partial charge in [-0.15, -0.1) is 0 Å². The van der Waals surface area contributed by atoms with Crippen molar-refractivity contribution >= 4 is 21.8 Å². The molecule has 0 atom stereocenters. The Morgan fingerprint density at radius 2 is 1.74 bits per heavy atom. The first-order valence-corrected chi connectivity index (χ1v) is 9.89. The second-order valence-electron chi connectivity index (χ2n) is 7.64. The monoisotopic (exact) mass is 408 g/mol. The third-order valence-corrected chi connectivity index (χ3v) is 5.51. The lowest BCUT2D eigenvalue weighted by Gasteiger charge is -2.04. The molecule has 6 nitrogen and oxygen atoms in total. The predicted molar refractivity (Wildman–Crippen MR) is 119 cm³/mol. The molecule has 0 spiro atoms. The van der Waals surface area contributed by atoms with Gasteiger partial charge >= 0.3 is 0 Å². The fraction of sp³-hybridized carbons (Fsp3) is 0.0417. The summed E-state index contributed by atoms with van der Waals surface area (Å²) in [5.74, 6) is -0.269. The molecule has 0 saturated carbocycles.